The highest BCUT2D eigenvalue weighted by molar-refractivity contribution is 7.99. The molecule has 0 aliphatic carbocycles. The Balaban J connectivity index is 1.67. The maximum Gasteiger partial charge on any atom is 0.276 e. The van der Waals surface area contributed by atoms with Crippen LogP contribution in [0, 0.1) is 12.7 Å². The Morgan fingerprint density at radius 1 is 1.23 bits per heavy atom. The Kier molecular flexibility index (Phi) is 5.90. The SMILES string of the molecule is Cc1cccc(Cl)c1NC(=O)CSc1nc2ccsc2c(=O)n1-c1ccccc1F. The number of carbonyl (C=O) groups excluding carboxylic acids is 1. The molecule has 30 heavy (non-hydrogen) atoms. The first-order chi connectivity index (χ1) is 14.5. The second-order valence-corrected chi connectivity index (χ2v) is 8.66. The van der Waals surface area contributed by atoms with E-state index in [2.05, 4.69) is 10.3 Å². The van der Waals surface area contributed by atoms with Crippen LogP contribution in [0.5, 0.6) is 0 Å². The highest BCUT2D eigenvalue weighted by Crippen LogP contribution is 2.27. The van der Waals surface area contributed by atoms with Crippen molar-refractivity contribution in [2.75, 3.05) is 11.1 Å². The lowest BCUT2D eigenvalue weighted by Crippen LogP contribution is -2.23. The predicted octanol–water partition coefficient (Wildman–Crippen LogP) is 5.28. The van der Waals surface area contributed by atoms with Crippen molar-refractivity contribution in [1.82, 2.24) is 9.55 Å². The fourth-order valence-electron chi connectivity index (χ4n) is 2.93. The molecule has 0 unspecified atom stereocenters. The van der Waals surface area contributed by atoms with Gasteiger partial charge in [-0.2, -0.15) is 0 Å². The van der Waals surface area contributed by atoms with E-state index in [1.807, 2.05) is 13.0 Å². The highest BCUT2D eigenvalue weighted by Gasteiger charge is 2.18. The van der Waals surface area contributed by atoms with Crippen molar-refractivity contribution in [3.8, 4) is 5.69 Å². The van der Waals surface area contributed by atoms with Gasteiger partial charge in [0.05, 0.1) is 27.7 Å². The zero-order valence-electron chi connectivity index (χ0n) is 15.7. The molecule has 1 N–H and O–H groups in total. The number of nitrogens with zero attached hydrogens (tertiary/aromatic N) is 2. The van der Waals surface area contributed by atoms with Crippen molar-refractivity contribution >= 4 is 56.5 Å². The number of amides is 1. The van der Waals surface area contributed by atoms with Crippen LogP contribution in [0.4, 0.5) is 10.1 Å². The number of carbonyl (C=O) groups is 1. The molecule has 0 bridgehead atoms. The maximum absolute atomic E-state index is 14.4. The summed E-state index contributed by atoms with van der Waals surface area (Å²) >= 11 is 8.47. The zero-order chi connectivity index (χ0) is 21.3. The van der Waals surface area contributed by atoms with Gasteiger partial charge in [0.1, 0.15) is 10.5 Å². The van der Waals surface area contributed by atoms with E-state index < -0.39 is 5.82 Å². The average molecular weight is 460 g/mol. The summed E-state index contributed by atoms with van der Waals surface area (Å²) in [6.45, 7) is 1.84. The first-order valence-corrected chi connectivity index (χ1v) is 11.1. The van der Waals surface area contributed by atoms with Crippen molar-refractivity contribution in [3.05, 3.63) is 80.7 Å². The van der Waals surface area contributed by atoms with Crippen LogP contribution in [0.3, 0.4) is 0 Å². The number of benzene rings is 2. The minimum Gasteiger partial charge on any atom is -0.324 e. The molecule has 0 atom stereocenters. The van der Waals surface area contributed by atoms with E-state index in [1.165, 1.54) is 28.0 Å². The zero-order valence-corrected chi connectivity index (χ0v) is 18.1. The fraction of sp³-hybridized carbons (Fsp3) is 0.0952. The molecule has 5 nitrogen and oxygen atoms in total. The van der Waals surface area contributed by atoms with Gasteiger partial charge >= 0.3 is 0 Å². The lowest BCUT2D eigenvalue weighted by molar-refractivity contribution is -0.113. The summed E-state index contributed by atoms with van der Waals surface area (Å²) in [4.78, 5) is 30.0. The van der Waals surface area contributed by atoms with Gasteiger partial charge in [0.25, 0.3) is 5.56 Å². The lowest BCUT2D eigenvalue weighted by Gasteiger charge is -2.13. The molecule has 4 rings (SSSR count). The van der Waals surface area contributed by atoms with E-state index in [9.17, 15) is 14.0 Å². The Hall–Kier alpha value is -2.68. The molecule has 0 saturated carbocycles. The number of hydrogen-bond donors (Lipinski definition) is 1. The van der Waals surface area contributed by atoms with Gasteiger partial charge < -0.3 is 5.32 Å². The van der Waals surface area contributed by atoms with E-state index in [0.717, 1.165) is 17.3 Å². The largest absolute Gasteiger partial charge is 0.324 e. The lowest BCUT2D eigenvalue weighted by atomic mass is 10.2. The van der Waals surface area contributed by atoms with Gasteiger partial charge in [-0.15, -0.1) is 11.3 Å². The van der Waals surface area contributed by atoms with Crippen molar-refractivity contribution in [3.63, 3.8) is 0 Å². The number of anilines is 1. The smallest absolute Gasteiger partial charge is 0.276 e. The van der Waals surface area contributed by atoms with Crippen LogP contribution >= 0.6 is 34.7 Å². The average Bonchev–Trinajstić information content (AvgIpc) is 3.19. The fourth-order valence-corrected chi connectivity index (χ4v) is 4.76. The molecule has 2 aromatic heterocycles. The highest BCUT2D eigenvalue weighted by atomic mass is 35.5. The Morgan fingerprint density at radius 2 is 2.03 bits per heavy atom. The van der Waals surface area contributed by atoms with Crippen molar-refractivity contribution in [1.29, 1.82) is 0 Å². The molecular weight excluding hydrogens is 445 g/mol. The third kappa shape index (κ3) is 3.98. The van der Waals surface area contributed by atoms with E-state index >= 15 is 0 Å². The number of fused-ring (bicyclic) bond motifs is 1. The molecule has 0 aliphatic rings. The molecule has 9 heteroatoms. The van der Waals surface area contributed by atoms with Crippen LogP contribution < -0.4 is 10.9 Å². The Morgan fingerprint density at radius 3 is 2.80 bits per heavy atom. The van der Waals surface area contributed by atoms with Gasteiger partial charge in [0.15, 0.2) is 5.16 Å². The van der Waals surface area contributed by atoms with Gasteiger partial charge in [0, 0.05) is 0 Å². The molecule has 0 spiro atoms. The quantitative estimate of drug-likeness (QED) is 0.326. The number of hydrogen-bond acceptors (Lipinski definition) is 5. The summed E-state index contributed by atoms with van der Waals surface area (Å²) in [6, 6.07) is 13.0. The topological polar surface area (TPSA) is 64.0 Å². The summed E-state index contributed by atoms with van der Waals surface area (Å²) in [5.74, 6) is -0.882. The normalized spacial score (nSPS) is 11.0. The van der Waals surface area contributed by atoms with Crippen molar-refractivity contribution in [2.45, 2.75) is 12.1 Å². The number of aryl methyl sites for hydroxylation is 1. The summed E-state index contributed by atoms with van der Waals surface area (Å²) in [5, 5.41) is 5.22. The van der Waals surface area contributed by atoms with Crippen LogP contribution in [-0.2, 0) is 4.79 Å². The molecule has 0 saturated heterocycles. The number of nitrogens with one attached hydrogen (secondary N) is 1. The van der Waals surface area contributed by atoms with Crippen LogP contribution in [0.25, 0.3) is 15.9 Å². The van der Waals surface area contributed by atoms with E-state index in [4.69, 9.17) is 11.6 Å². The molecule has 2 heterocycles. The third-order valence-corrected chi connectivity index (χ3v) is 6.51. The van der Waals surface area contributed by atoms with Crippen LogP contribution in [0.2, 0.25) is 5.02 Å². The molecule has 152 valence electrons. The molecule has 2 aromatic carbocycles. The Bertz CT molecular complexity index is 1300. The van der Waals surface area contributed by atoms with Gasteiger partial charge in [0.2, 0.25) is 5.91 Å². The minimum atomic E-state index is -0.546. The first-order valence-electron chi connectivity index (χ1n) is 8.88. The van der Waals surface area contributed by atoms with Gasteiger partial charge in [-0.05, 0) is 42.1 Å². The molecule has 1 amide bonds. The summed E-state index contributed by atoms with van der Waals surface area (Å²) in [7, 11) is 0. The van der Waals surface area contributed by atoms with Crippen LogP contribution in [0.15, 0.2) is 63.9 Å². The number of rotatable bonds is 5. The standard InChI is InChI=1S/C21H15ClFN3O2S2/c1-12-5-4-6-13(22)18(12)25-17(27)11-30-21-24-15-9-10-29-19(15)20(28)26(21)16-8-3-2-7-14(16)23/h2-10H,11H2,1H3,(H,25,27). The van der Waals surface area contributed by atoms with E-state index in [1.54, 1.807) is 35.7 Å². The van der Waals surface area contributed by atoms with Crippen LogP contribution in [0.1, 0.15) is 5.56 Å². The number of para-hydroxylation sites is 2. The number of halogens is 2. The summed E-state index contributed by atoms with van der Waals surface area (Å²) in [6.07, 6.45) is 0. The molecule has 4 aromatic rings. The van der Waals surface area contributed by atoms with E-state index in [0.29, 0.717) is 20.9 Å². The third-order valence-electron chi connectivity index (χ3n) is 4.36. The van der Waals surface area contributed by atoms with E-state index in [-0.39, 0.29) is 28.1 Å². The molecule has 0 fully saturated rings. The summed E-state index contributed by atoms with van der Waals surface area (Å²) < 4.78 is 16.1. The summed E-state index contributed by atoms with van der Waals surface area (Å²) in [5.41, 5.74) is 1.61. The second-order valence-electron chi connectivity index (χ2n) is 6.39. The number of thioether (sulfide) groups is 1. The first kappa shape index (κ1) is 20.6. The molecule has 0 aliphatic heterocycles. The van der Waals surface area contributed by atoms with Crippen molar-refractivity contribution < 1.29 is 9.18 Å². The predicted molar refractivity (Wildman–Crippen MR) is 121 cm³/mol. The molecular formula is C21H15ClFN3O2S2. The minimum absolute atomic E-state index is 0.0266. The monoisotopic (exact) mass is 459 g/mol. The molecule has 0 radical (unpaired) electrons. The number of thiophene rings is 1. The van der Waals surface area contributed by atoms with Gasteiger partial charge in [-0.1, -0.05) is 47.6 Å². The number of aromatic nitrogens is 2. The maximum atomic E-state index is 14.4. The van der Waals surface area contributed by atoms with Gasteiger partial charge in [-0.3, -0.25) is 14.2 Å². The van der Waals surface area contributed by atoms with Crippen LogP contribution in [-0.4, -0.2) is 21.2 Å². The van der Waals surface area contributed by atoms with Crippen molar-refractivity contribution in [2.24, 2.45) is 0 Å². The Labute approximate surface area is 184 Å². The second kappa shape index (κ2) is 8.59. The van der Waals surface area contributed by atoms with Gasteiger partial charge in [-0.25, -0.2) is 9.37 Å².